The van der Waals surface area contributed by atoms with Gasteiger partial charge in [-0.3, -0.25) is 4.98 Å². The molecule has 0 aliphatic rings. The van der Waals surface area contributed by atoms with E-state index in [-0.39, 0.29) is 5.95 Å². The Morgan fingerprint density at radius 2 is 2.00 bits per heavy atom. The summed E-state index contributed by atoms with van der Waals surface area (Å²) in [4.78, 5) is 12.9. The highest BCUT2D eigenvalue weighted by molar-refractivity contribution is 14.1. The van der Waals surface area contributed by atoms with E-state index in [4.69, 9.17) is 17.3 Å². The van der Waals surface area contributed by atoms with Crippen molar-refractivity contribution in [3.8, 4) is 0 Å². The Labute approximate surface area is 152 Å². The minimum atomic E-state index is 0.148. The average Bonchev–Trinajstić information content (AvgIpc) is 2.86. The molecule has 3 heterocycles. The van der Waals surface area contributed by atoms with Crippen LogP contribution < -0.4 is 5.73 Å². The Hall–Kier alpha value is -1.48. The number of aryl methyl sites for hydroxylation is 2. The molecule has 3 aromatic rings. The third-order valence-electron chi connectivity index (χ3n) is 3.79. The second kappa shape index (κ2) is 6.20. The number of aromatic nitrogens is 5. The molecule has 6 nitrogen and oxygen atoms in total. The standard InChI is InChI=1S/C15H16ClIN6/c1-4-9-11-13(16)20-15(18)21-14(11)23(22-9)6-10-8(3)12(17)7(2)5-19-10/h5H,4,6H2,1-3H3,(H2,18,20,21). The van der Waals surface area contributed by atoms with Crippen LogP contribution in [-0.2, 0) is 13.0 Å². The lowest BCUT2D eigenvalue weighted by Crippen LogP contribution is -2.09. The van der Waals surface area contributed by atoms with Crippen LogP contribution in [-0.4, -0.2) is 24.7 Å². The van der Waals surface area contributed by atoms with Crippen molar-refractivity contribution in [2.45, 2.75) is 33.7 Å². The number of pyridine rings is 1. The molecular weight excluding hydrogens is 427 g/mol. The smallest absolute Gasteiger partial charge is 0.223 e. The maximum atomic E-state index is 6.24. The summed E-state index contributed by atoms with van der Waals surface area (Å²) in [6.07, 6.45) is 2.63. The van der Waals surface area contributed by atoms with Crippen molar-refractivity contribution >= 4 is 51.2 Å². The van der Waals surface area contributed by atoms with Gasteiger partial charge in [-0.05, 0) is 54.0 Å². The molecule has 0 aromatic carbocycles. The Balaban J connectivity index is 2.16. The van der Waals surface area contributed by atoms with Crippen molar-refractivity contribution in [1.82, 2.24) is 24.7 Å². The Bertz CT molecular complexity index is 905. The van der Waals surface area contributed by atoms with Gasteiger partial charge in [0.15, 0.2) is 5.65 Å². The van der Waals surface area contributed by atoms with E-state index in [2.05, 4.69) is 56.5 Å². The zero-order valence-electron chi connectivity index (χ0n) is 13.1. The number of fused-ring (bicyclic) bond motifs is 1. The first-order valence-corrected chi connectivity index (χ1v) is 8.67. The van der Waals surface area contributed by atoms with E-state index >= 15 is 0 Å². The number of nitrogens with two attached hydrogens (primary N) is 1. The van der Waals surface area contributed by atoms with E-state index in [1.807, 2.05) is 13.1 Å². The largest absolute Gasteiger partial charge is 0.368 e. The number of halogens is 2. The fraction of sp³-hybridized carbons (Fsp3) is 0.333. The lowest BCUT2D eigenvalue weighted by atomic mass is 10.1. The molecule has 0 bridgehead atoms. The van der Waals surface area contributed by atoms with Gasteiger partial charge in [-0.1, -0.05) is 18.5 Å². The molecule has 0 spiro atoms. The first kappa shape index (κ1) is 16.4. The number of nitrogen functional groups attached to an aromatic ring is 1. The molecular formula is C15H16ClIN6. The van der Waals surface area contributed by atoms with Crippen LogP contribution in [0.4, 0.5) is 5.95 Å². The van der Waals surface area contributed by atoms with Crippen molar-refractivity contribution in [2.24, 2.45) is 0 Å². The van der Waals surface area contributed by atoms with Crippen LogP contribution in [0.25, 0.3) is 11.0 Å². The van der Waals surface area contributed by atoms with Crippen molar-refractivity contribution in [1.29, 1.82) is 0 Å². The van der Waals surface area contributed by atoms with Gasteiger partial charge in [0.05, 0.1) is 23.3 Å². The average molecular weight is 443 g/mol. The number of nitrogens with zero attached hydrogens (tertiary/aromatic N) is 5. The van der Waals surface area contributed by atoms with Gasteiger partial charge in [0.1, 0.15) is 5.15 Å². The third kappa shape index (κ3) is 2.87. The quantitative estimate of drug-likeness (QED) is 0.497. The van der Waals surface area contributed by atoms with Gasteiger partial charge in [0, 0.05) is 9.77 Å². The van der Waals surface area contributed by atoms with Crippen molar-refractivity contribution < 1.29 is 0 Å². The Morgan fingerprint density at radius 3 is 2.70 bits per heavy atom. The summed E-state index contributed by atoms with van der Waals surface area (Å²) < 4.78 is 3.02. The summed E-state index contributed by atoms with van der Waals surface area (Å²) in [5.74, 6) is 0.148. The van der Waals surface area contributed by atoms with Crippen molar-refractivity contribution in [3.05, 3.63) is 37.4 Å². The molecule has 0 saturated carbocycles. The van der Waals surface area contributed by atoms with Gasteiger partial charge in [0.2, 0.25) is 5.95 Å². The predicted molar refractivity (Wildman–Crippen MR) is 99.7 cm³/mol. The van der Waals surface area contributed by atoms with Crippen LogP contribution in [0.3, 0.4) is 0 Å². The molecule has 120 valence electrons. The van der Waals surface area contributed by atoms with Gasteiger partial charge in [-0.15, -0.1) is 0 Å². The molecule has 2 N–H and O–H groups in total. The number of hydrogen-bond acceptors (Lipinski definition) is 5. The first-order chi connectivity index (χ1) is 10.9. The van der Waals surface area contributed by atoms with E-state index in [0.29, 0.717) is 17.3 Å². The second-order valence-corrected chi connectivity index (χ2v) is 6.79. The van der Waals surface area contributed by atoms with Crippen LogP contribution in [0.1, 0.15) is 29.4 Å². The molecule has 0 fully saturated rings. The van der Waals surface area contributed by atoms with Gasteiger partial charge >= 0.3 is 0 Å². The molecule has 0 aliphatic heterocycles. The number of anilines is 1. The van der Waals surface area contributed by atoms with Crippen LogP contribution in [0, 0.1) is 17.4 Å². The SMILES string of the molecule is CCc1nn(Cc2ncc(C)c(I)c2C)c2nc(N)nc(Cl)c12. The lowest BCUT2D eigenvalue weighted by Gasteiger charge is -2.09. The molecule has 0 radical (unpaired) electrons. The summed E-state index contributed by atoms with van der Waals surface area (Å²) in [7, 11) is 0. The van der Waals surface area contributed by atoms with Gasteiger partial charge in [0.25, 0.3) is 0 Å². The molecule has 0 atom stereocenters. The minimum Gasteiger partial charge on any atom is -0.368 e. The van der Waals surface area contributed by atoms with Crippen molar-refractivity contribution in [2.75, 3.05) is 5.73 Å². The summed E-state index contributed by atoms with van der Waals surface area (Å²) in [5, 5.41) is 5.74. The molecule has 8 heteroatoms. The van der Waals surface area contributed by atoms with Gasteiger partial charge in [-0.25, -0.2) is 9.67 Å². The molecule has 0 unspecified atom stereocenters. The molecule has 0 saturated heterocycles. The van der Waals surface area contributed by atoms with E-state index < -0.39 is 0 Å². The van der Waals surface area contributed by atoms with E-state index in [1.165, 1.54) is 9.13 Å². The molecule has 3 aromatic heterocycles. The van der Waals surface area contributed by atoms with E-state index in [0.717, 1.165) is 28.8 Å². The predicted octanol–water partition coefficient (Wildman–Crippen LogP) is 3.29. The molecule has 0 amide bonds. The van der Waals surface area contributed by atoms with Gasteiger partial charge in [-0.2, -0.15) is 10.1 Å². The van der Waals surface area contributed by atoms with E-state index in [1.54, 1.807) is 4.68 Å². The zero-order valence-corrected chi connectivity index (χ0v) is 16.0. The van der Waals surface area contributed by atoms with Crippen molar-refractivity contribution in [3.63, 3.8) is 0 Å². The highest BCUT2D eigenvalue weighted by Gasteiger charge is 2.17. The number of hydrogen-bond donors (Lipinski definition) is 1. The fourth-order valence-corrected chi connectivity index (χ4v) is 3.26. The Kier molecular flexibility index (Phi) is 4.41. The van der Waals surface area contributed by atoms with E-state index in [9.17, 15) is 0 Å². The summed E-state index contributed by atoms with van der Waals surface area (Å²) in [5.41, 5.74) is 10.5. The second-order valence-electron chi connectivity index (χ2n) is 5.36. The molecule has 0 aliphatic carbocycles. The monoisotopic (exact) mass is 442 g/mol. The van der Waals surface area contributed by atoms with Crippen LogP contribution >= 0.6 is 34.2 Å². The lowest BCUT2D eigenvalue weighted by molar-refractivity contribution is 0.671. The topological polar surface area (TPSA) is 82.5 Å². The summed E-state index contributed by atoms with van der Waals surface area (Å²) in [6.45, 7) is 6.67. The zero-order chi connectivity index (χ0) is 16.7. The minimum absolute atomic E-state index is 0.148. The molecule has 3 rings (SSSR count). The summed E-state index contributed by atoms with van der Waals surface area (Å²) >= 11 is 8.58. The highest BCUT2D eigenvalue weighted by Crippen LogP contribution is 2.26. The fourth-order valence-electron chi connectivity index (χ4n) is 2.53. The van der Waals surface area contributed by atoms with Crippen LogP contribution in [0.2, 0.25) is 5.15 Å². The third-order valence-corrected chi connectivity index (χ3v) is 5.73. The maximum Gasteiger partial charge on any atom is 0.223 e. The van der Waals surface area contributed by atoms with Crippen LogP contribution in [0.5, 0.6) is 0 Å². The normalized spacial score (nSPS) is 11.3. The highest BCUT2D eigenvalue weighted by atomic mass is 127. The van der Waals surface area contributed by atoms with Gasteiger partial charge < -0.3 is 5.73 Å². The van der Waals surface area contributed by atoms with Crippen LogP contribution in [0.15, 0.2) is 6.20 Å². The maximum absolute atomic E-state index is 6.24. The first-order valence-electron chi connectivity index (χ1n) is 7.21. The number of rotatable bonds is 3. The Morgan fingerprint density at radius 1 is 1.26 bits per heavy atom. The summed E-state index contributed by atoms with van der Waals surface area (Å²) in [6, 6.07) is 0. The molecule has 23 heavy (non-hydrogen) atoms.